The fraction of sp³-hybridized carbons (Fsp3) is 0.625. The SMILES string of the molecule is CNCc1ccc(N2CCC(N3CCCC3)C2)cc1Br. The van der Waals surface area contributed by atoms with Gasteiger partial charge >= 0.3 is 0 Å². The zero-order valence-electron chi connectivity index (χ0n) is 12.2. The lowest BCUT2D eigenvalue weighted by atomic mass is 10.2. The third kappa shape index (κ3) is 3.02. The molecule has 110 valence electrons. The van der Waals surface area contributed by atoms with Crippen LogP contribution in [0.2, 0.25) is 0 Å². The van der Waals surface area contributed by atoms with E-state index >= 15 is 0 Å². The highest BCUT2D eigenvalue weighted by molar-refractivity contribution is 9.10. The lowest BCUT2D eigenvalue weighted by molar-refractivity contribution is 0.260. The Labute approximate surface area is 130 Å². The fourth-order valence-corrected chi connectivity index (χ4v) is 3.95. The smallest absolute Gasteiger partial charge is 0.0378 e. The third-order valence-corrected chi connectivity index (χ3v) is 5.33. The van der Waals surface area contributed by atoms with Crippen LogP contribution in [-0.4, -0.2) is 44.2 Å². The van der Waals surface area contributed by atoms with Crippen molar-refractivity contribution in [3.63, 3.8) is 0 Å². The fourth-order valence-electron chi connectivity index (χ4n) is 3.45. The molecular weight excluding hydrogens is 314 g/mol. The first kappa shape index (κ1) is 14.4. The topological polar surface area (TPSA) is 18.5 Å². The van der Waals surface area contributed by atoms with E-state index in [0.717, 1.165) is 12.6 Å². The third-order valence-electron chi connectivity index (χ3n) is 4.59. The Hall–Kier alpha value is -0.580. The van der Waals surface area contributed by atoms with Gasteiger partial charge in [0.2, 0.25) is 0 Å². The van der Waals surface area contributed by atoms with Crippen LogP contribution in [0.3, 0.4) is 0 Å². The Morgan fingerprint density at radius 1 is 1.25 bits per heavy atom. The van der Waals surface area contributed by atoms with E-state index in [4.69, 9.17) is 0 Å². The van der Waals surface area contributed by atoms with Gasteiger partial charge in [-0.1, -0.05) is 22.0 Å². The minimum absolute atomic E-state index is 0.772. The van der Waals surface area contributed by atoms with Crippen LogP contribution >= 0.6 is 15.9 Å². The molecule has 0 bridgehead atoms. The lowest BCUT2D eigenvalue weighted by Gasteiger charge is -2.24. The van der Waals surface area contributed by atoms with Gasteiger partial charge in [-0.3, -0.25) is 4.90 Å². The first-order valence-corrected chi connectivity index (χ1v) is 8.49. The second-order valence-electron chi connectivity index (χ2n) is 5.94. The Balaban J connectivity index is 1.66. The number of hydrogen-bond acceptors (Lipinski definition) is 3. The van der Waals surface area contributed by atoms with Gasteiger partial charge in [0.05, 0.1) is 0 Å². The van der Waals surface area contributed by atoms with Gasteiger partial charge in [-0.25, -0.2) is 0 Å². The molecule has 3 rings (SSSR count). The molecule has 3 nitrogen and oxygen atoms in total. The molecule has 0 aromatic heterocycles. The Morgan fingerprint density at radius 3 is 2.75 bits per heavy atom. The number of nitrogens with zero attached hydrogens (tertiary/aromatic N) is 2. The molecule has 1 aromatic rings. The predicted octanol–water partition coefficient (Wildman–Crippen LogP) is 2.84. The largest absolute Gasteiger partial charge is 0.370 e. The molecular formula is C16H24BrN3. The number of benzene rings is 1. The number of hydrogen-bond donors (Lipinski definition) is 1. The summed E-state index contributed by atoms with van der Waals surface area (Å²) in [7, 11) is 1.99. The molecule has 1 aromatic carbocycles. The molecule has 2 aliphatic heterocycles. The maximum absolute atomic E-state index is 3.70. The van der Waals surface area contributed by atoms with Crippen molar-refractivity contribution in [3.8, 4) is 0 Å². The summed E-state index contributed by atoms with van der Waals surface area (Å²) in [6.45, 7) is 5.92. The Bertz CT molecular complexity index is 457. The summed E-state index contributed by atoms with van der Waals surface area (Å²) in [5.74, 6) is 0. The van der Waals surface area contributed by atoms with Gasteiger partial charge in [0, 0.05) is 35.8 Å². The van der Waals surface area contributed by atoms with Gasteiger partial charge in [-0.05, 0) is 57.1 Å². The molecule has 1 unspecified atom stereocenters. The van der Waals surface area contributed by atoms with E-state index in [1.54, 1.807) is 0 Å². The van der Waals surface area contributed by atoms with E-state index in [1.807, 2.05) is 7.05 Å². The quantitative estimate of drug-likeness (QED) is 0.911. The molecule has 2 heterocycles. The molecule has 2 aliphatic rings. The van der Waals surface area contributed by atoms with Gasteiger partial charge in [-0.2, -0.15) is 0 Å². The predicted molar refractivity (Wildman–Crippen MR) is 88.3 cm³/mol. The molecule has 1 atom stereocenters. The van der Waals surface area contributed by atoms with Crippen molar-refractivity contribution >= 4 is 21.6 Å². The maximum Gasteiger partial charge on any atom is 0.0378 e. The molecule has 4 heteroatoms. The molecule has 20 heavy (non-hydrogen) atoms. The van der Waals surface area contributed by atoms with E-state index < -0.39 is 0 Å². The van der Waals surface area contributed by atoms with Crippen LogP contribution in [0.4, 0.5) is 5.69 Å². The molecule has 0 amide bonds. The molecule has 2 fully saturated rings. The highest BCUT2D eigenvalue weighted by Crippen LogP contribution is 2.29. The Morgan fingerprint density at radius 2 is 2.05 bits per heavy atom. The van der Waals surface area contributed by atoms with Crippen molar-refractivity contribution in [2.45, 2.75) is 31.8 Å². The van der Waals surface area contributed by atoms with Crippen LogP contribution in [0.5, 0.6) is 0 Å². The molecule has 0 spiro atoms. The van der Waals surface area contributed by atoms with Crippen molar-refractivity contribution in [1.82, 2.24) is 10.2 Å². The summed E-state index contributed by atoms with van der Waals surface area (Å²) in [6.07, 6.45) is 4.09. The first-order valence-electron chi connectivity index (χ1n) is 7.70. The first-order chi connectivity index (χ1) is 9.78. The molecule has 1 N–H and O–H groups in total. The summed E-state index contributed by atoms with van der Waals surface area (Å²) in [5.41, 5.74) is 2.69. The van der Waals surface area contributed by atoms with Crippen LogP contribution in [0.25, 0.3) is 0 Å². The minimum Gasteiger partial charge on any atom is -0.370 e. The van der Waals surface area contributed by atoms with Gasteiger partial charge in [0.15, 0.2) is 0 Å². The van der Waals surface area contributed by atoms with Crippen LogP contribution in [0.15, 0.2) is 22.7 Å². The van der Waals surface area contributed by atoms with Gasteiger partial charge in [-0.15, -0.1) is 0 Å². The van der Waals surface area contributed by atoms with Crippen molar-refractivity contribution in [3.05, 3.63) is 28.2 Å². The lowest BCUT2D eigenvalue weighted by Crippen LogP contribution is -2.35. The summed E-state index contributed by atoms with van der Waals surface area (Å²) in [6, 6.07) is 7.55. The van der Waals surface area contributed by atoms with Gasteiger partial charge in [0.1, 0.15) is 0 Å². The highest BCUT2D eigenvalue weighted by atomic mass is 79.9. The van der Waals surface area contributed by atoms with E-state index in [9.17, 15) is 0 Å². The summed E-state index contributed by atoms with van der Waals surface area (Å²) in [5, 5.41) is 3.21. The highest BCUT2D eigenvalue weighted by Gasteiger charge is 2.29. The molecule has 0 aliphatic carbocycles. The van der Waals surface area contributed by atoms with E-state index in [1.165, 1.54) is 61.2 Å². The second kappa shape index (κ2) is 6.46. The number of halogens is 1. The zero-order valence-corrected chi connectivity index (χ0v) is 13.8. The van der Waals surface area contributed by atoms with Crippen molar-refractivity contribution < 1.29 is 0 Å². The maximum atomic E-state index is 3.70. The van der Waals surface area contributed by atoms with Crippen LogP contribution in [0, 0.1) is 0 Å². The molecule has 0 saturated carbocycles. The van der Waals surface area contributed by atoms with Gasteiger partial charge < -0.3 is 10.2 Å². The number of rotatable bonds is 4. The summed E-state index contributed by atoms with van der Waals surface area (Å²) < 4.78 is 1.22. The number of nitrogens with one attached hydrogen (secondary N) is 1. The van der Waals surface area contributed by atoms with E-state index in [-0.39, 0.29) is 0 Å². The monoisotopic (exact) mass is 337 g/mol. The van der Waals surface area contributed by atoms with E-state index in [0.29, 0.717) is 0 Å². The average Bonchev–Trinajstić information content (AvgIpc) is 3.11. The van der Waals surface area contributed by atoms with Crippen molar-refractivity contribution in [2.24, 2.45) is 0 Å². The van der Waals surface area contributed by atoms with Crippen molar-refractivity contribution in [2.75, 3.05) is 38.1 Å². The Kier molecular flexibility index (Phi) is 4.64. The molecule has 0 radical (unpaired) electrons. The average molecular weight is 338 g/mol. The van der Waals surface area contributed by atoms with Crippen LogP contribution < -0.4 is 10.2 Å². The zero-order chi connectivity index (χ0) is 13.9. The van der Waals surface area contributed by atoms with E-state index in [2.05, 4.69) is 49.2 Å². The molecule has 2 saturated heterocycles. The van der Waals surface area contributed by atoms with Crippen LogP contribution in [-0.2, 0) is 6.54 Å². The normalized spacial score (nSPS) is 23.7. The standard InChI is InChI=1S/C16H24BrN3/c1-18-11-13-4-5-14(10-16(13)17)20-9-6-15(12-20)19-7-2-3-8-19/h4-5,10,15,18H,2-3,6-9,11-12H2,1H3. The summed E-state index contributed by atoms with van der Waals surface area (Å²) >= 11 is 3.70. The van der Waals surface area contributed by atoms with Crippen molar-refractivity contribution in [1.29, 1.82) is 0 Å². The number of likely N-dealkylation sites (tertiary alicyclic amines) is 1. The summed E-state index contributed by atoms with van der Waals surface area (Å²) in [4.78, 5) is 5.22. The minimum atomic E-state index is 0.772. The van der Waals surface area contributed by atoms with Crippen LogP contribution in [0.1, 0.15) is 24.8 Å². The van der Waals surface area contributed by atoms with Gasteiger partial charge in [0.25, 0.3) is 0 Å². The second-order valence-corrected chi connectivity index (χ2v) is 6.79. The number of anilines is 1.